The van der Waals surface area contributed by atoms with Crippen molar-refractivity contribution in [3.63, 3.8) is 0 Å². The number of halogens is 1. The first-order valence-corrected chi connectivity index (χ1v) is 9.48. The van der Waals surface area contributed by atoms with Crippen LogP contribution in [0.3, 0.4) is 0 Å². The van der Waals surface area contributed by atoms with Crippen molar-refractivity contribution >= 4 is 27.7 Å². The summed E-state index contributed by atoms with van der Waals surface area (Å²) in [5, 5.41) is 6.77. The molecule has 0 aliphatic carbocycles. The summed E-state index contributed by atoms with van der Waals surface area (Å²) >= 11 is 3.59. The lowest BCUT2D eigenvalue weighted by Gasteiger charge is -2.15. The number of nitrogens with one attached hydrogen (secondary N) is 2. The predicted octanol–water partition coefficient (Wildman–Crippen LogP) is 5.12. The van der Waals surface area contributed by atoms with E-state index in [0.29, 0.717) is 18.5 Å². The summed E-state index contributed by atoms with van der Waals surface area (Å²) in [6, 6.07) is 14.3. The molecular formula is C20H22BrN5. The van der Waals surface area contributed by atoms with Crippen molar-refractivity contribution in [2.75, 3.05) is 10.6 Å². The summed E-state index contributed by atoms with van der Waals surface area (Å²) in [4.78, 5) is 13.4. The van der Waals surface area contributed by atoms with Crippen molar-refractivity contribution in [1.82, 2.24) is 15.0 Å². The van der Waals surface area contributed by atoms with Gasteiger partial charge in [-0.2, -0.15) is 4.98 Å². The Kier molecular flexibility index (Phi) is 6.17. The van der Waals surface area contributed by atoms with Gasteiger partial charge in [-0.25, -0.2) is 4.98 Å². The zero-order valence-corrected chi connectivity index (χ0v) is 16.5. The van der Waals surface area contributed by atoms with Gasteiger partial charge in [-0.3, -0.25) is 4.98 Å². The van der Waals surface area contributed by atoms with Gasteiger partial charge in [0.05, 0.1) is 5.69 Å². The lowest BCUT2D eigenvalue weighted by Crippen LogP contribution is -2.16. The molecule has 0 amide bonds. The second kappa shape index (κ2) is 8.76. The van der Waals surface area contributed by atoms with E-state index in [0.717, 1.165) is 28.0 Å². The molecule has 0 aliphatic rings. The van der Waals surface area contributed by atoms with Crippen LogP contribution in [-0.2, 0) is 6.54 Å². The fraction of sp³-hybridized carbons (Fsp3) is 0.250. The fourth-order valence-corrected chi connectivity index (χ4v) is 2.85. The number of hydrogen-bond acceptors (Lipinski definition) is 5. The monoisotopic (exact) mass is 411 g/mol. The topological polar surface area (TPSA) is 62.7 Å². The Hall–Kier alpha value is -2.47. The standard InChI is InChI=1S/C20H22BrN5/c1-3-14(2)24-20-25-18(15-8-10-22-11-9-15)12-19(26-20)23-13-16-6-4-5-7-17(16)21/h4-12,14H,3,13H2,1-2H3,(H2,23,24,25,26)/t14-/m0/s1. The van der Waals surface area contributed by atoms with Gasteiger partial charge in [-0.15, -0.1) is 0 Å². The van der Waals surface area contributed by atoms with Crippen molar-refractivity contribution < 1.29 is 0 Å². The van der Waals surface area contributed by atoms with Crippen LogP contribution in [0.1, 0.15) is 25.8 Å². The largest absolute Gasteiger partial charge is 0.366 e. The lowest BCUT2D eigenvalue weighted by molar-refractivity contribution is 0.753. The smallest absolute Gasteiger partial charge is 0.225 e. The number of rotatable bonds is 7. The van der Waals surface area contributed by atoms with Gasteiger partial charge in [0.25, 0.3) is 0 Å². The number of pyridine rings is 1. The van der Waals surface area contributed by atoms with E-state index in [1.165, 1.54) is 5.56 Å². The third-order valence-corrected chi connectivity index (χ3v) is 4.88. The highest BCUT2D eigenvalue weighted by molar-refractivity contribution is 9.10. The van der Waals surface area contributed by atoms with Crippen molar-refractivity contribution in [1.29, 1.82) is 0 Å². The minimum absolute atomic E-state index is 0.304. The Morgan fingerprint density at radius 1 is 1.08 bits per heavy atom. The summed E-state index contributed by atoms with van der Waals surface area (Å²) < 4.78 is 1.08. The summed E-state index contributed by atoms with van der Waals surface area (Å²) in [7, 11) is 0. The van der Waals surface area contributed by atoms with Crippen LogP contribution in [0.4, 0.5) is 11.8 Å². The highest BCUT2D eigenvalue weighted by Gasteiger charge is 2.09. The van der Waals surface area contributed by atoms with Crippen LogP contribution in [0.2, 0.25) is 0 Å². The lowest BCUT2D eigenvalue weighted by atomic mass is 10.2. The Morgan fingerprint density at radius 3 is 2.58 bits per heavy atom. The molecule has 0 radical (unpaired) electrons. The minimum atomic E-state index is 0.304. The molecule has 0 spiro atoms. The molecule has 2 heterocycles. The van der Waals surface area contributed by atoms with E-state index < -0.39 is 0 Å². The number of hydrogen-bond donors (Lipinski definition) is 2. The molecule has 3 aromatic rings. The molecule has 1 atom stereocenters. The van der Waals surface area contributed by atoms with Crippen LogP contribution >= 0.6 is 15.9 Å². The molecule has 1 aromatic carbocycles. The molecule has 0 aliphatic heterocycles. The van der Waals surface area contributed by atoms with E-state index in [1.807, 2.05) is 36.4 Å². The second-order valence-corrected chi connectivity index (χ2v) is 6.95. The Bertz CT molecular complexity index is 854. The summed E-state index contributed by atoms with van der Waals surface area (Å²) in [5.41, 5.74) is 3.05. The average molecular weight is 412 g/mol. The first-order chi connectivity index (χ1) is 12.7. The zero-order chi connectivity index (χ0) is 18.4. The van der Waals surface area contributed by atoms with E-state index >= 15 is 0 Å². The first-order valence-electron chi connectivity index (χ1n) is 8.69. The minimum Gasteiger partial charge on any atom is -0.366 e. The third kappa shape index (κ3) is 4.79. The molecule has 26 heavy (non-hydrogen) atoms. The van der Waals surface area contributed by atoms with E-state index in [2.05, 4.69) is 61.4 Å². The Balaban J connectivity index is 1.88. The summed E-state index contributed by atoms with van der Waals surface area (Å²) in [6.45, 7) is 4.93. The Morgan fingerprint density at radius 2 is 1.85 bits per heavy atom. The maximum Gasteiger partial charge on any atom is 0.225 e. The third-order valence-electron chi connectivity index (χ3n) is 4.11. The van der Waals surface area contributed by atoms with E-state index in [-0.39, 0.29) is 0 Å². The van der Waals surface area contributed by atoms with Crippen molar-refractivity contribution in [2.24, 2.45) is 0 Å². The van der Waals surface area contributed by atoms with Gasteiger partial charge in [0, 0.05) is 41.1 Å². The second-order valence-electron chi connectivity index (χ2n) is 6.10. The van der Waals surface area contributed by atoms with Gasteiger partial charge >= 0.3 is 0 Å². The quantitative estimate of drug-likeness (QED) is 0.564. The fourth-order valence-electron chi connectivity index (χ4n) is 2.42. The van der Waals surface area contributed by atoms with E-state index in [9.17, 15) is 0 Å². The Labute approximate surface area is 162 Å². The van der Waals surface area contributed by atoms with Crippen molar-refractivity contribution in [3.05, 3.63) is 64.9 Å². The first kappa shape index (κ1) is 18.3. The molecule has 0 saturated heterocycles. The highest BCUT2D eigenvalue weighted by atomic mass is 79.9. The average Bonchev–Trinajstić information content (AvgIpc) is 2.68. The number of anilines is 2. The molecule has 2 aromatic heterocycles. The molecule has 134 valence electrons. The van der Waals surface area contributed by atoms with Gasteiger partial charge in [0.1, 0.15) is 5.82 Å². The molecule has 0 fully saturated rings. The maximum absolute atomic E-state index is 4.66. The van der Waals surface area contributed by atoms with E-state index in [1.54, 1.807) is 12.4 Å². The van der Waals surface area contributed by atoms with Crippen LogP contribution in [0.25, 0.3) is 11.3 Å². The maximum atomic E-state index is 4.66. The van der Waals surface area contributed by atoms with Gasteiger partial charge in [-0.1, -0.05) is 41.1 Å². The van der Waals surface area contributed by atoms with Gasteiger partial charge < -0.3 is 10.6 Å². The van der Waals surface area contributed by atoms with Crippen LogP contribution in [0.15, 0.2) is 59.3 Å². The van der Waals surface area contributed by atoms with Crippen molar-refractivity contribution in [2.45, 2.75) is 32.9 Å². The number of nitrogens with zero attached hydrogens (tertiary/aromatic N) is 3. The van der Waals surface area contributed by atoms with E-state index in [4.69, 9.17) is 0 Å². The molecule has 6 heteroatoms. The molecule has 5 nitrogen and oxygen atoms in total. The molecule has 0 saturated carbocycles. The van der Waals surface area contributed by atoms with Crippen LogP contribution in [-0.4, -0.2) is 21.0 Å². The zero-order valence-electron chi connectivity index (χ0n) is 14.9. The van der Waals surface area contributed by atoms with Crippen LogP contribution in [0, 0.1) is 0 Å². The molecule has 2 N–H and O–H groups in total. The molecule has 3 rings (SSSR count). The number of aromatic nitrogens is 3. The molecule has 0 bridgehead atoms. The molecular weight excluding hydrogens is 390 g/mol. The number of benzene rings is 1. The summed E-state index contributed by atoms with van der Waals surface area (Å²) in [6.07, 6.45) is 4.54. The van der Waals surface area contributed by atoms with Gasteiger partial charge in [0.15, 0.2) is 0 Å². The normalized spacial score (nSPS) is 11.8. The summed E-state index contributed by atoms with van der Waals surface area (Å²) in [5.74, 6) is 1.41. The SMILES string of the molecule is CC[C@H](C)Nc1nc(NCc2ccccc2Br)cc(-c2ccncc2)n1. The predicted molar refractivity (Wildman–Crippen MR) is 110 cm³/mol. The van der Waals surface area contributed by atoms with Crippen LogP contribution in [0.5, 0.6) is 0 Å². The van der Waals surface area contributed by atoms with Crippen LogP contribution < -0.4 is 10.6 Å². The highest BCUT2D eigenvalue weighted by Crippen LogP contribution is 2.23. The van der Waals surface area contributed by atoms with Crippen molar-refractivity contribution in [3.8, 4) is 11.3 Å². The molecule has 0 unspecified atom stereocenters. The van der Waals surface area contributed by atoms with Gasteiger partial charge in [0.2, 0.25) is 5.95 Å². The van der Waals surface area contributed by atoms with Gasteiger partial charge in [-0.05, 0) is 37.1 Å².